The number of halogens is 1. The molecule has 0 saturated carbocycles. The number of hydrogen-bond acceptors (Lipinski definition) is 1. The molecule has 0 radical (unpaired) electrons. The van der Waals surface area contributed by atoms with Crippen molar-refractivity contribution < 1.29 is 4.74 Å². The summed E-state index contributed by atoms with van der Waals surface area (Å²) >= 11 is 3.25. The maximum atomic E-state index is 5.30. The Morgan fingerprint density at radius 3 is 2.45 bits per heavy atom. The van der Waals surface area contributed by atoms with Crippen molar-refractivity contribution in [3.63, 3.8) is 0 Å². The van der Waals surface area contributed by atoms with E-state index < -0.39 is 0 Å². The van der Waals surface area contributed by atoms with Crippen LogP contribution in [0.1, 0.15) is 9.80 Å². The van der Waals surface area contributed by atoms with E-state index in [-0.39, 0.29) is 18.2 Å². The molecular weight excluding hydrogens is 216 g/mol. The zero-order valence-corrected chi connectivity index (χ0v) is 9.46. The van der Waals surface area contributed by atoms with Crippen LogP contribution in [-0.2, 0) is 4.74 Å². The molecule has 1 aromatic carbocycles. The minimum absolute atomic E-state index is 0.280. The molecule has 1 nitrogen and oxygen atoms in total. The molecule has 0 fully saturated rings. The summed E-state index contributed by atoms with van der Waals surface area (Å²) < 4.78 is 5.62. The van der Waals surface area contributed by atoms with Crippen molar-refractivity contribution >= 4 is 31.1 Å². The van der Waals surface area contributed by atoms with E-state index in [0.717, 1.165) is 0 Å². The normalized spacial score (nSPS) is 12.2. The summed E-state index contributed by atoms with van der Waals surface area (Å²) in [5, 5.41) is 0. The van der Waals surface area contributed by atoms with Crippen LogP contribution in [0.3, 0.4) is 0 Å². The van der Waals surface area contributed by atoms with E-state index in [2.05, 4.69) is 25.0 Å². The molecule has 0 aliphatic rings. The van der Waals surface area contributed by atoms with Gasteiger partial charge in [0.05, 0.1) is 0 Å². The van der Waals surface area contributed by atoms with Crippen LogP contribution in [-0.4, -0.2) is 25.3 Å². The van der Waals surface area contributed by atoms with E-state index in [9.17, 15) is 0 Å². The Labute approximate surface area is 82.7 Å². The molecule has 3 heteroatoms. The minimum Gasteiger partial charge on any atom is -0.403 e. The maximum absolute atomic E-state index is 5.30. The number of benzene rings is 1. The fraction of sp³-hybridized carbons (Fsp3) is 0.250. The Morgan fingerprint density at radius 1 is 1.36 bits per heavy atom. The van der Waals surface area contributed by atoms with Crippen LogP contribution in [0.2, 0.25) is 0 Å². The van der Waals surface area contributed by atoms with E-state index in [1.54, 1.807) is 7.11 Å². The van der Waals surface area contributed by atoms with Crippen molar-refractivity contribution in [2.24, 2.45) is 0 Å². The highest BCUT2D eigenvalue weighted by Crippen LogP contribution is 2.15. The topological polar surface area (TPSA) is 9.23 Å². The monoisotopic (exact) mass is 224 g/mol. The first-order valence-electron chi connectivity index (χ1n) is 3.52. The lowest BCUT2D eigenvalue weighted by atomic mass is 10.2. The van der Waals surface area contributed by atoms with Crippen LogP contribution >= 0.6 is 12.9 Å². The molecule has 0 aliphatic carbocycles. The van der Waals surface area contributed by atoms with Gasteiger partial charge < -0.3 is 17.6 Å². The molecule has 0 saturated heterocycles. The van der Waals surface area contributed by atoms with Gasteiger partial charge in [0.1, 0.15) is 0 Å². The van der Waals surface area contributed by atoms with Crippen LogP contribution in [0, 0.1) is 0 Å². The standard InChI is InChI=1S/C8H9O.BrH.Mg/c1-9-7-8-5-3-2-4-6-8;;/h2-7H,1H3;1H;/q;;+1/p-1. The first-order valence-corrected chi connectivity index (χ1v) is 8.23. The Hall–Kier alpha value is 0.426. The summed E-state index contributed by atoms with van der Waals surface area (Å²) in [6.07, 6.45) is 0. The SMILES string of the molecule is CO[CH]([Mg][Br])c1ccccc1. The zero-order chi connectivity index (χ0) is 8.10. The van der Waals surface area contributed by atoms with Crippen molar-refractivity contribution in [1.29, 1.82) is 0 Å². The molecule has 0 aliphatic heterocycles. The fourth-order valence-electron chi connectivity index (χ4n) is 0.956. The lowest BCUT2D eigenvalue weighted by molar-refractivity contribution is 0.168. The van der Waals surface area contributed by atoms with Crippen molar-refractivity contribution in [1.82, 2.24) is 0 Å². The molecule has 0 N–H and O–H groups in total. The highest BCUT2D eigenvalue weighted by atomic mass is 79.9. The number of ether oxygens (including phenoxy) is 1. The van der Waals surface area contributed by atoms with E-state index in [0.29, 0.717) is 4.23 Å². The number of hydrogen-bond donors (Lipinski definition) is 0. The van der Waals surface area contributed by atoms with Crippen molar-refractivity contribution in [2.45, 2.75) is 4.23 Å². The summed E-state index contributed by atoms with van der Waals surface area (Å²) in [5.41, 5.74) is 1.28. The fourth-order valence-corrected chi connectivity index (χ4v) is 3.45. The first kappa shape index (κ1) is 9.51. The third-order valence-corrected chi connectivity index (χ3v) is 4.45. The molecule has 1 atom stereocenters. The minimum atomic E-state index is -0.280. The second-order valence-corrected chi connectivity index (χ2v) is 5.28. The first-order chi connectivity index (χ1) is 5.38. The van der Waals surface area contributed by atoms with Crippen LogP contribution < -0.4 is 0 Å². The van der Waals surface area contributed by atoms with Gasteiger partial charge in [0.2, 0.25) is 0 Å². The summed E-state index contributed by atoms with van der Waals surface area (Å²) in [6.45, 7) is 0. The van der Waals surface area contributed by atoms with E-state index in [4.69, 9.17) is 4.74 Å². The second-order valence-electron chi connectivity index (χ2n) is 2.29. The van der Waals surface area contributed by atoms with Gasteiger partial charge in [0.15, 0.2) is 0 Å². The smallest absolute Gasteiger partial charge is 0.403 e. The molecule has 56 valence electrons. The average molecular weight is 225 g/mol. The molecule has 1 unspecified atom stereocenters. The summed E-state index contributed by atoms with van der Waals surface area (Å²) in [5.74, 6) is 0. The highest BCUT2D eigenvalue weighted by molar-refractivity contribution is 9.23. The molecule has 1 aromatic rings. The van der Waals surface area contributed by atoms with Crippen LogP contribution in [0.5, 0.6) is 0 Å². The van der Waals surface area contributed by atoms with Crippen molar-refractivity contribution in [3.8, 4) is 0 Å². The maximum Gasteiger partial charge on any atom is 0.515 e. The van der Waals surface area contributed by atoms with Gasteiger partial charge in [-0.2, -0.15) is 0 Å². The van der Waals surface area contributed by atoms with Gasteiger partial charge >= 0.3 is 18.2 Å². The van der Waals surface area contributed by atoms with Gasteiger partial charge in [-0.05, 0) is 9.80 Å². The predicted octanol–water partition coefficient (Wildman–Crippen LogP) is 2.35. The van der Waals surface area contributed by atoms with E-state index >= 15 is 0 Å². The van der Waals surface area contributed by atoms with E-state index in [1.165, 1.54) is 5.56 Å². The predicted molar refractivity (Wildman–Crippen MR) is 50.9 cm³/mol. The molecule has 0 bridgehead atoms. The lowest BCUT2D eigenvalue weighted by Gasteiger charge is -2.11. The molecule has 0 heterocycles. The van der Waals surface area contributed by atoms with Gasteiger partial charge in [-0.3, -0.25) is 0 Å². The second kappa shape index (κ2) is 5.14. The van der Waals surface area contributed by atoms with E-state index in [1.807, 2.05) is 18.2 Å². The molecule has 0 amide bonds. The third kappa shape index (κ3) is 2.74. The molecule has 11 heavy (non-hydrogen) atoms. The summed E-state index contributed by atoms with van der Waals surface area (Å²) in [4.78, 5) is 0. The van der Waals surface area contributed by atoms with Gasteiger partial charge in [0, 0.05) is 7.11 Å². The van der Waals surface area contributed by atoms with Crippen LogP contribution in [0.4, 0.5) is 0 Å². The van der Waals surface area contributed by atoms with Gasteiger partial charge in [-0.25, -0.2) is 0 Å². The summed E-state index contributed by atoms with van der Waals surface area (Å²) in [6, 6.07) is 10.3. The average Bonchev–Trinajstić information content (AvgIpc) is 2.09. The Balaban J connectivity index is 2.74. The van der Waals surface area contributed by atoms with Crippen molar-refractivity contribution in [3.05, 3.63) is 35.9 Å². The molecular formula is C8H9BrMgO. The Bertz CT molecular complexity index is 199. The van der Waals surface area contributed by atoms with Crippen LogP contribution in [0.15, 0.2) is 30.3 Å². The highest BCUT2D eigenvalue weighted by Gasteiger charge is 2.10. The summed E-state index contributed by atoms with van der Waals surface area (Å²) in [7, 11) is 1.76. The molecule has 0 aromatic heterocycles. The Morgan fingerprint density at radius 2 is 2.00 bits per heavy atom. The third-order valence-electron chi connectivity index (χ3n) is 1.60. The van der Waals surface area contributed by atoms with Crippen LogP contribution in [0.25, 0.3) is 0 Å². The van der Waals surface area contributed by atoms with Gasteiger partial charge in [-0.1, -0.05) is 30.3 Å². The Kier molecular flexibility index (Phi) is 4.44. The zero-order valence-electron chi connectivity index (χ0n) is 6.46. The molecule has 0 spiro atoms. The number of rotatable bonds is 3. The largest absolute Gasteiger partial charge is 0.515 e. The van der Waals surface area contributed by atoms with Gasteiger partial charge in [-0.15, -0.1) is 0 Å². The molecule has 1 rings (SSSR count). The van der Waals surface area contributed by atoms with Gasteiger partial charge in [0.25, 0.3) is 0 Å². The quantitative estimate of drug-likeness (QED) is 0.718. The lowest BCUT2D eigenvalue weighted by Crippen LogP contribution is -2.04. The number of methoxy groups -OCH3 is 1. The van der Waals surface area contributed by atoms with Crippen molar-refractivity contribution in [2.75, 3.05) is 7.11 Å².